The lowest BCUT2D eigenvalue weighted by Gasteiger charge is -2.08. The number of anilines is 1. The Bertz CT molecular complexity index is 640. The Balaban J connectivity index is 1.62. The molecule has 20 heavy (non-hydrogen) atoms. The Morgan fingerprint density at radius 1 is 1.20 bits per heavy atom. The number of hydrogen-bond acceptors (Lipinski definition) is 3. The molecule has 0 aromatic heterocycles. The van der Waals surface area contributed by atoms with Gasteiger partial charge in [-0.1, -0.05) is 24.3 Å². The Morgan fingerprint density at radius 3 is 2.60 bits per heavy atom. The molecule has 2 aromatic rings. The summed E-state index contributed by atoms with van der Waals surface area (Å²) in [5.41, 5.74) is 10.1. The van der Waals surface area contributed by atoms with Crippen LogP contribution in [0.3, 0.4) is 0 Å². The van der Waals surface area contributed by atoms with Crippen LogP contribution in [0.1, 0.15) is 29.0 Å². The summed E-state index contributed by atoms with van der Waals surface area (Å²) in [6.45, 7) is 0.720. The van der Waals surface area contributed by atoms with Gasteiger partial charge in [-0.15, -0.1) is 0 Å². The molecule has 3 N–H and O–H groups in total. The Kier molecular flexibility index (Phi) is 3.41. The van der Waals surface area contributed by atoms with Crippen LogP contribution in [0.25, 0.3) is 0 Å². The molecule has 3 rings (SSSR count). The molecule has 0 heterocycles. The van der Waals surface area contributed by atoms with Gasteiger partial charge in [0.25, 0.3) is 0 Å². The van der Waals surface area contributed by atoms with Crippen molar-refractivity contribution in [2.24, 2.45) is 5.73 Å². The molecule has 0 bridgehead atoms. The first-order valence-electron chi connectivity index (χ1n) is 6.85. The first-order valence-corrected chi connectivity index (χ1v) is 6.85. The van der Waals surface area contributed by atoms with Crippen molar-refractivity contribution in [1.29, 1.82) is 5.26 Å². The average molecular weight is 263 g/mol. The summed E-state index contributed by atoms with van der Waals surface area (Å²) < 4.78 is 0. The van der Waals surface area contributed by atoms with Crippen LogP contribution in [0.2, 0.25) is 0 Å². The lowest BCUT2D eigenvalue weighted by molar-refractivity contribution is 0.990. The van der Waals surface area contributed by atoms with Crippen molar-refractivity contribution in [3.63, 3.8) is 0 Å². The number of nitrogens with one attached hydrogen (secondary N) is 1. The minimum absolute atomic E-state index is 0.350. The predicted octanol–water partition coefficient (Wildman–Crippen LogP) is 2.98. The zero-order valence-corrected chi connectivity index (χ0v) is 11.2. The molecule has 0 radical (unpaired) electrons. The van der Waals surface area contributed by atoms with Crippen molar-refractivity contribution in [3.8, 4) is 6.07 Å². The van der Waals surface area contributed by atoms with Crippen LogP contribution in [0.15, 0.2) is 48.5 Å². The zero-order chi connectivity index (χ0) is 13.9. The van der Waals surface area contributed by atoms with E-state index in [2.05, 4.69) is 35.7 Å². The minimum Gasteiger partial charge on any atom is -0.381 e. The van der Waals surface area contributed by atoms with Gasteiger partial charge in [0, 0.05) is 24.2 Å². The lowest BCUT2D eigenvalue weighted by Crippen LogP contribution is -2.02. The summed E-state index contributed by atoms with van der Waals surface area (Å²) in [5, 5.41) is 12.2. The first kappa shape index (κ1) is 12.7. The van der Waals surface area contributed by atoms with Gasteiger partial charge < -0.3 is 11.1 Å². The molecule has 1 aliphatic rings. The van der Waals surface area contributed by atoms with Crippen LogP contribution in [0.4, 0.5) is 5.69 Å². The Hall–Kier alpha value is -2.31. The van der Waals surface area contributed by atoms with E-state index in [9.17, 15) is 0 Å². The smallest absolute Gasteiger partial charge is 0.0991 e. The van der Waals surface area contributed by atoms with Crippen LogP contribution in [-0.4, -0.2) is 6.04 Å². The number of benzene rings is 2. The third-order valence-electron chi connectivity index (χ3n) is 3.73. The number of nitrogens with two attached hydrogens (primary N) is 1. The van der Waals surface area contributed by atoms with Gasteiger partial charge in [0.05, 0.1) is 11.6 Å². The van der Waals surface area contributed by atoms with E-state index in [4.69, 9.17) is 11.0 Å². The maximum absolute atomic E-state index is 8.88. The Morgan fingerprint density at radius 2 is 1.95 bits per heavy atom. The van der Waals surface area contributed by atoms with E-state index in [1.807, 2.05) is 24.3 Å². The summed E-state index contributed by atoms with van der Waals surface area (Å²) >= 11 is 0. The van der Waals surface area contributed by atoms with Crippen molar-refractivity contribution < 1.29 is 0 Å². The molecule has 2 atom stereocenters. The van der Waals surface area contributed by atoms with E-state index in [0.717, 1.165) is 24.2 Å². The average Bonchev–Trinajstić information content (AvgIpc) is 3.23. The van der Waals surface area contributed by atoms with E-state index in [1.54, 1.807) is 0 Å². The number of hydrogen-bond donors (Lipinski definition) is 2. The largest absolute Gasteiger partial charge is 0.381 e. The molecular formula is C17H17N3. The molecule has 1 aliphatic carbocycles. The van der Waals surface area contributed by atoms with E-state index < -0.39 is 0 Å². The molecule has 0 unspecified atom stereocenters. The highest BCUT2D eigenvalue weighted by atomic mass is 14.9. The monoisotopic (exact) mass is 263 g/mol. The molecule has 2 aromatic carbocycles. The molecule has 0 aliphatic heterocycles. The van der Waals surface area contributed by atoms with Gasteiger partial charge in [-0.25, -0.2) is 0 Å². The third-order valence-corrected chi connectivity index (χ3v) is 3.73. The molecule has 0 amide bonds. The van der Waals surface area contributed by atoms with Crippen LogP contribution < -0.4 is 11.1 Å². The maximum Gasteiger partial charge on any atom is 0.0991 e. The van der Waals surface area contributed by atoms with Gasteiger partial charge in [0.15, 0.2) is 0 Å². The van der Waals surface area contributed by atoms with E-state index in [-0.39, 0.29) is 0 Å². The molecule has 1 saturated carbocycles. The highest BCUT2D eigenvalue weighted by molar-refractivity contribution is 5.47. The van der Waals surface area contributed by atoms with Gasteiger partial charge in [-0.2, -0.15) is 5.26 Å². The van der Waals surface area contributed by atoms with Gasteiger partial charge >= 0.3 is 0 Å². The second-order valence-electron chi connectivity index (χ2n) is 5.29. The third kappa shape index (κ3) is 2.81. The molecule has 100 valence electrons. The molecule has 3 nitrogen and oxygen atoms in total. The van der Waals surface area contributed by atoms with Crippen LogP contribution in [-0.2, 0) is 6.54 Å². The second-order valence-corrected chi connectivity index (χ2v) is 5.29. The fourth-order valence-corrected chi connectivity index (χ4v) is 2.40. The summed E-state index contributed by atoms with van der Waals surface area (Å²) in [7, 11) is 0. The summed E-state index contributed by atoms with van der Waals surface area (Å²) in [4.78, 5) is 0. The first-order chi connectivity index (χ1) is 9.76. The summed E-state index contributed by atoms with van der Waals surface area (Å²) in [6.07, 6.45) is 1.10. The van der Waals surface area contributed by atoms with Gasteiger partial charge in [-0.05, 0) is 41.8 Å². The predicted molar refractivity (Wildman–Crippen MR) is 80.3 cm³/mol. The van der Waals surface area contributed by atoms with Crippen molar-refractivity contribution >= 4 is 5.69 Å². The van der Waals surface area contributed by atoms with Crippen molar-refractivity contribution in [1.82, 2.24) is 0 Å². The summed E-state index contributed by atoms with van der Waals surface area (Å²) in [6, 6.07) is 18.6. The van der Waals surface area contributed by atoms with Crippen molar-refractivity contribution in [2.45, 2.75) is 24.9 Å². The molecule has 0 saturated heterocycles. The highest BCUT2D eigenvalue weighted by Gasteiger charge is 2.34. The fraction of sp³-hybridized carbons (Fsp3) is 0.235. The molecular weight excluding hydrogens is 246 g/mol. The summed E-state index contributed by atoms with van der Waals surface area (Å²) in [5.74, 6) is 0.552. The lowest BCUT2D eigenvalue weighted by atomic mass is 10.1. The minimum atomic E-state index is 0.350. The normalized spacial score (nSPS) is 20.2. The number of nitriles is 1. The van der Waals surface area contributed by atoms with Gasteiger partial charge in [-0.3, -0.25) is 0 Å². The van der Waals surface area contributed by atoms with Crippen LogP contribution in [0.5, 0.6) is 0 Å². The van der Waals surface area contributed by atoms with Crippen LogP contribution in [0, 0.1) is 11.3 Å². The van der Waals surface area contributed by atoms with E-state index >= 15 is 0 Å². The van der Waals surface area contributed by atoms with Gasteiger partial charge in [0.2, 0.25) is 0 Å². The zero-order valence-electron chi connectivity index (χ0n) is 11.2. The SMILES string of the molecule is N#Cc1cccc(CNc2ccc([C@@H]3C[C@H]3N)cc2)c1. The van der Waals surface area contributed by atoms with E-state index in [0.29, 0.717) is 17.5 Å². The van der Waals surface area contributed by atoms with Gasteiger partial charge in [0.1, 0.15) is 0 Å². The molecule has 0 spiro atoms. The Labute approximate surface area is 119 Å². The standard InChI is InChI=1S/C17H17N3/c18-10-12-2-1-3-13(8-12)11-20-15-6-4-14(5-7-15)16-9-17(16)19/h1-8,16-17,20H,9,11,19H2/t16-,17+/m0/s1. The molecule has 3 heteroatoms. The highest BCUT2D eigenvalue weighted by Crippen LogP contribution is 2.39. The van der Waals surface area contributed by atoms with Crippen molar-refractivity contribution in [3.05, 3.63) is 65.2 Å². The fourth-order valence-electron chi connectivity index (χ4n) is 2.40. The van der Waals surface area contributed by atoms with E-state index in [1.165, 1.54) is 5.56 Å². The van der Waals surface area contributed by atoms with Crippen LogP contribution >= 0.6 is 0 Å². The topological polar surface area (TPSA) is 61.8 Å². The molecule has 1 fully saturated rings. The second kappa shape index (κ2) is 5.36. The van der Waals surface area contributed by atoms with Crippen molar-refractivity contribution in [2.75, 3.05) is 5.32 Å². The quantitative estimate of drug-likeness (QED) is 0.891. The maximum atomic E-state index is 8.88. The number of rotatable bonds is 4. The number of nitrogens with zero attached hydrogens (tertiary/aromatic N) is 1.